The van der Waals surface area contributed by atoms with Crippen molar-refractivity contribution in [3.05, 3.63) is 35.8 Å². The third kappa shape index (κ3) is 5.61. The van der Waals surface area contributed by atoms with Crippen molar-refractivity contribution in [1.82, 2.24) is 10.3 Å². The zero-order valence-corrected chi connectivity index (χ0v) is 16.5. The summed E-state index contributed by atoms with van der Waals surface area (Å²) in [4.78, 5) is 28.2. The zero-order valence-electron chi connectivity index (χ0n) is 16.5. The topological polar surface area (TPSA) is 77.5 Å². The summed E-state index contributed by atoms with van der Waals surface area (Å²) >= 11 is 0. The molecule has 0 unspecified atom stereocenters. The molecule has 0 atom stereocenters. The second-order valence-electron chi connectivity index (χ2n) is 7.28. The van der Waals surface area contributed by atoms with Crippen molar-refractivity contribution < 1.29 is 32.2 Å². The SMILES string of the molecule is CCOC(=O)C[C@H]1CC[C@H](NC(=O)c2cnc3cc(OC(F)F)c(F)cc3c2)CC1. The molecule has 30 heavy (non-hydrogen) atoms. The fourth-order valence-corrected chi connectivity index (χ4v) is 3.68. The fraction of sp³-hybridized carbons (Fsp3) is 0.476. The number of amides is 1. The maximum absolute atomic E-state index is 13.9. The summed E-state index contributed by atoms with van der Waals surface area (Å²) in [5, 5.41) is 3.24. The molecule has 0 saturated heterocycles. The highest BCUT2D eigenvalue weighted by Crippen LogP contribution is 2.28. The standard InChI is InChI=1S/C21H23F3N2O4/c1-2-29-19(27)7-12-3-5-15(6-4-12)26-20(28)14-8-13-9-16(22)18(30-21(23)24)10-17(13)25-11-14/h8-12,15,21H,2-7H2,1H3,(H,26,28)/t12-,15-. The van der Waals surface area contributed by atoms with Gasteiger partial charge in [-0.1, -0.05) is 0 Å². The average molecular weight is 424 g/mol. The largest absolute Gasteiger partial charge is 0.466 e. The molecule has 1 aliphatic rings. The van der Waals surface area contributed by atoms with Gasteiger partial charge in [0, 0.05) is 30.1 Å². The molecule has 0 bridgehead atoms. The van der Waals surface area contributed by atoms with Crippen LogP contribution in [0.1, 0.15) is 49.4 Å². The highest BCUT2D eigenvalue weighted by atomic mass is 19.3. The Morgan fingerprint density at radius 2 is 1.93 bits per heavy atom. The van der Waals surface area contributed by atoms with Crippen LogP contribution in [0.3, 0.4) is 0 Å². The molecule has 1 saturated carbocycles. The normalized spacial score (nSPS) is 19.0. The smallest absolute Gasteiger partial charge is 0.387 e. The first-order chi connectivity index (χ1) is 14.4. The first kappa shape index (κ1) is 21.9. The molecule has 1 aliphatic carbocycles. The number of hydrogen-bond acceptors (Lipinski definition) is 5. The minimum absolute atomic E-state index is 0.0230. The first-order valence-corrected chi connectivity index (χ1v) is 9.86. The lowest BCUT2D eigenvalue weighted by molar-refractivity contribution is -0.144. The number of alkyl halides is 2. The van der Waals surface area contributed by atoms with E-state index >= 15 is 0 Å². The summed E-state index contributed by atoms with van der Waals surface area (Å²) in [5.41, 5.74) is 0.487. The summed E-state index contributed by atoms with van der Waals surface area (Å²) < 4.78 is 47.7. The third-order valence-corrected chi connectivity index (χ3v) is 5.16. The Kier molecular flexibility index (Phi) is 7.12. The molecule has 1 aromatic heterocycles. The number of aromatic nitrogens is 1. The fourth-order valence-electron chi connectivity index (χ4n) is 3.68. The van der Waals surface area contributed by atoms with Gasteiger partial charge in [0.05, 0.1) is 17.7 Å². The van der Waals surface area contributed by atoms with Crippen LogP contribution in [0.5, 0.6) is 5.75 Å². The van der Waals surface area contributed by atoms with Crippen molar-refractivity contribution in [3.63, 3.8) is 0 Å². The summed E-state index contributed by atoms with van der Waals surface area (Å²) in [7, 11) is 0. The van der Waals surface area contributed by atoms with Crippen LogP contribution in [0.15, 0.2) is 24.4 Å². The van der Waals surface area contributed by atoms with Crippen LogP contribution >= 0.6 is 0 Å². The van der Waals surface area contributed by atoms with Gasteiger partial charge < -0.3 is 14.8 Å². The van der Waals surface area contributed by atoms with E-state index in [1.807, 2.05) is 0 Å². The van der Waals surface area contributed by atoms with Crippen LogP contribution in [0.2, 0.25) is 0 Å². The van der Waals surface area contributed by atoms with Crippen LogP contribution in [0, 0.1) is 11.7 Å². The Hall–Kier alpha value is -2.84. The van der Waals surface area contributed by atoms with E-state index < -0.39 is 18.2 Å². The Labute approximate surface area is 171 Å². The van der Waals surface area contributed by atoms with Gasteiger partial charge >= 0.3 is 12.6 Å². The van der Waals surface area contributed by atoms with Gasteiger partial charge in [0.15, 0.2) is 11.6 Å². The van der Waals surface area contributed by atoms with Crippen LogP contribution < -0.4 is 10.1 Å². The lowest BCUT2D eigenvalue weighted by Gasteiger charge is -2.28. The number of ether oxygens (including phenoxy) is 2. The van der Waals surface area contributed by atoms with E-state index in [1.165, 1.54) is 12.3 Å². The van der Waals surface area contributed by atoms with E-state index in [4.69, 9.17) is 4.74 Å². The highest BCUT2D eigenvalue weighted by molar-refractivity contribution is 5.97. The lowest BCUT2D eigenvalue weighted by atomic mass is 9.84. The minimum Gasteiger partial charge on any atom is -0.466 e. The van der Waals surface area contributed by atoms with Crippen molar-refractivity contribution in [3.8, 4) is 5.75 Å². The van der Waals surface area contributed by atoms with Crippen molar-refractivity contribution >= 4 is 22.8 Å². The number of halogens is 3. The number of pyridine rings is 1. The molecular formula is C21H23F3N2O4. The van der Waals surface area contributed by atoms with Crippen molar-refractivity contribution in [1.29, 1.82) is 0 Å². The number of fused-ring (bicyclic) bond motifs is 1. The van der Waals surface area contributed by atoms with Gasteiger partial charge in [-0.05, 0) is 50.7 Å². The van der Waals surface area contributed by atoms with E-state index in [0.717, 1.165) is 37.8 Å². The van der Waals surface area contributed by atoms with Crippen LogP contribution in [-0.4, -0.2) is 36.1 Å². The Morgan fingerprint density at radius 1 is 1.20 bits per heavy atom. The number of benzene rings is 1. The predicted molar refractivity (Wildman–Crippen MR) is 103 cm³/mol. The van der Waals surface area contributed by atoms with E-state index in [0.29, 0.717) is 18.4 Å². The van der Waals surface area contributed by atoms with E-state index in [9.17, 15) is 22.8 Å². The number of hydrogen-bond donors (Lipinski definition) is 1. The third-order valence-electron chi connectivity index (χ3n) is 5.16. The first-order valence-electron chi connectivity index (χ1n) is 9.86. The van der Waals surface area contributed by atoms with Gasteiger partial charge in [0.25, 0.3) is 5.91 Å². The molecule has 0 aliphatic heterocycles. The van der Waals surface area contributed by atoms with Crippen molar-refractivity contribution in [2.24, 2.45) is 5.92 Å². The van der Waals surface area contributed by atoms with E-state index in [2.05, 4.69) is 15.0 Å². The Balaban J connectivity index is 1.60. The molecule has 1 amide bonds. The Bertz CT molecular complexity index is 915. The molecule has 9 heteroatoms. The molecule has 162 valence electrons. The zero-order chi connectivity index (χ0) is 21.7. The molecule has 3 rings (SSSR count). The number of carbonyl (C=O) groups is 2. The van der Waals surface area contributed by atoms with Gasteiger partial charge in [-0.3, -0.25) is 14.6 Å². The van der Waals surface area contributed by atoms with Crippen LogP contribution in [0.25, 0.3) is 10.9 Å². The second-order valence-corrected chi connectivity index (χ2v) is 7.28. The maximum atomic E-state index is 13.9. The summed E-state index contributed by atoms with van der Waals surface area (Å²) in [6.45, 7) is -1.00. The number of rotatable bonds is 7. The minimum atomic E-state index is -3.14. The molecule has 0 spiro atoms. The lowest BCUT2D eigenvalue weighted by Crippen LogP contribution is -2.38. The number of esters is 1. The van der Waals surface area contributed by atoms with E-state index in [1.54, 1.807) is 6.92 Å². The van der Waals surface area contributed by atoms with Gasteiger partial charge in [0.2, 0.25) is 0 Å². The number of nitrogens with zero attached hydrogens (tertiary/aromatic N) is 1. The average Bonchev–Trinajstić information content (AvgIpc) is 2.69. The molecule has 6 nitrogen and oxygen atoms in total. The predicted octanol–water partition coefficient (Wildman–Crippen LogP) is 4.22. The molecule has 1 aromatic carbocycles. The van der Waals surface area contributed by atoms with Crippen molar-refractivity contribution in [2.45, 2.75) is 51.7 Å². The summed E-state index contributed by atoms with van der Waals surface area (Å²) in [6.07, 6.45) is 4.84. The maximum Gasteiger partial charge on any atom is 0.387 e. The van der Waals surface area contributed by atoms with E-state index in [-0.39, 0.29) is 34.9 Å². The quantitative estimate of drug-likeness (QED) is 0.674. The molecule has 0 radical (unpaired) electrons. The second kappa shape index (κ2) is 9.77. The van der Waals surface area contributed by atoms with Gasteiger partial charge in [-0.15, -0.1) is 0 Å². The van der Waals surface area contributed by atoms with Gasteiger partial charge in [-0.25, -0.2) is 4.39 Å². The number of carbonyl (C=O) groups excluding carboxylic acids is 2. The number of nitrogens with one attached hydrogen (secondary N) is 1. The molecule has 1 heterocycles. The highest BCUT2D eigenvalue weighted by Gasteiger charge is 2.25. The molecule has 1 fully saturated rings. The summed E-state index contributed by atoms with van der Waals surface area (Å²) in [6, 6.07) is 3.52. The van der Waals surface area contributed by atoms with Crippen molar-refractivity contribution in [2.75, 3.05) is 6.61 Å². The van der Waals surface area contributed by atoms with Crippen LogP contribution in [0.4, 0.5) is 13.2 Å². The molecule has 1 N–H and O–H groups in total. The molecular weight excluding hydrogens is 401 g/mol. The summed E-state index contributed by atoms with van der Waals surface area (Å²) in [5.74, 6) is -1.83. The van der Waals surface area contributed by atoms with Gasteiger partial charge in [-0.2, -0.15) is 8.78 Å². The molecule has 2 aromatic rings. The Morgan fingerprint density at radius 3 is 2.60 bits per heavy atom. The van der Waals surface area contributed by atoms with Crippen LogP contribution in [-0.2, 0) is 9.53 Å². The van der Waals surface area contributed by atoms with Gasteiger partial charge in [0.1, 0.15) is 0 Å². The monoisotopic (exact) mass is 424 g/mol.